The topological polar surface area (TPSA) is 38.5 Å². The first-order chi connectivity index (χ1) is 7.92. The molecule has 0 radical (unpaired) electrons. The summed E-state index contributed by atoms with van der Waals surface area (Å²) in [6.07, 6.45) is 7.94. The van der Waals surface area contributed by atoms with Crippen LogP contribution in [0.25, 0.3) is 0 Å². The summed E-state index contributed by atoms with van der Waals surface area (Å²) in [6.45, 7) is 5.20. The molecule has 110 valence electrons. The lowest BCUT2D eigenvalue weighted by Crippen LogP contribution is -2.49. The Morgan fingerprint density at radius 2 is 1.83 bits per heavy atom. The Morgan fingerprint density at radius 1 is 1.06 bits per heavy atom. The van der Waals surface area contributed by atoms with Crippen molar-refractivity contribution < 1.29 is 4.74 Å². The number of piperidine rings is 2. The molecule has 2 rings (SSSR count). The van der Waals surface area contributed by atoms with Crippen molar-refractivity contribution in [2.75, 3.05) is 32.8 Å². The van der Waals surface area contributed by atoms with Crippen LogP contribution in [-0.2, 0) is 4.74 Å². The zero-order valence-electron chi connectivity index (χ0n) is 11.2. The molecule has 2 N–H and O–H groups in total. The number of ether oxygens (including phenoxy) is 1. The highest BCUT2D eigenvalue weighted by atomic mass is 35.5. The molecule has 0 bridgehead atoms. The van der Waals surface area contributed by atoms with Crippen LogP contribution in [0.1, 0.15) is 38.5 Å². The van der Waals surface area contributed by atoms with Gasteiger partial charge in [-0.25, -0.2) is 0 Å². The Hall–Kier alpha value is 0.460. The Kier molecular flexibility index (Phi) is 10.5. The summed E-state index contributed by atoms with van der Waals surface area (Å²) in [4.78, 5) is 2.70. The lowest BCUT2D eigenvalue weighted by molar-refractivity contribution is 0.00390. The summed E-state index contributed by atoms with van der Waals surface area (Å²) >= 11 is 0. The van der Waals surface area contributed by atoms with Gasteiger partial charge in [0.05, 0.1) is 6.61 Å². The first kappa shape index (κ1) is 18.5. The summed E-state index contributed by atoms with van der Waals surface area (Å²) in [6, 6.07) is 0.820. The van der Waals surface area contributed by atoms with E-state index in [1.54, 1.807) is 0 Å². The van der Waals surface area contributed by atoms with Gasteiger partial charge in [0.2, 0.25) is 0 Å². The molecular formula is C13H28Cl2N2O. The number of nitrogens with zero attached hydrogens (tertiary/aromatic N) is 1. The molecule has 0 saturated carbocycles. The predicted octanol–water partition coefficient (Wildman–Crippen LogP) is 2.46. The number of halogens is 2. The van der Waals surface area contributed by atoms with Gasteiger partial charge in [-0.2, -0.15) is 0 Å². The maximum absolute atomic E-state index is 5.76. The fourth-order valence-corrected chi connectivity index (χ4v) is 3.19. The van der Waals surface area contributed by atoms with Crippen molar-refractivity contribution >= 4 is 24.8 Å². The molecule has 2 heterocycles. The minimum atomic E-state index is 0. The van der Waals surface area contributed by atoms with Crippen molar-refractivity contribution in [3.05, 3.63) is 0 Å². The number of fused-ring (bicyclic) bond motifs is 1. The Morgan fingerprint density at radius 3 is 2.61 bits per heavy atom. The molecule has 2 saturated heterocycles. The molecule has 0 aromatic carbocycles. The third kappa shape index (κ3) is 5.22. The molecule has 2 aliphatic rings. The van der Waals surface area contributed by atoms with Crippen molar-refractivity contribution in [2.45, 2.75) is 44.6 Å². The van der Waals surface area contributed by atoms with Crippen LogP contribution in [0.15, 0.2) is 0 Å². The number of hydrogen-bond acceptors (Lipinski definition) is 3. The van der Waals surface area contributed by atoms with Crippen LogP contribution in [0.3, 0.4) is 0 Å². The second-order valence-electron chi connectivity index (χ2n) is 5.22. The predicted molar refractivity (Wildman–Crippen MR) is 80.9 cm³/mol. The van der Waals surface area contributed by atoms with Gasteiger partial charge in [-0.1, -0.05) is 6.42 Å². The molecule has 0 aromatic heterocycles. The molecule has 0 aromatic rings. The van der Waals surface area contributed by atoms with E-state index in [0.29, 0.717) is 0 Å². The zero-order valence-corrected chi connectivity index (χ0v) is 12.8. The van der Waals surface area contributed by atoms with Gasteiger partial charge in [0.15, 0.2) is 0 Å². The van der Waals surface area contributed by atoms with Gasteiger partial charge < -0.3 is 15.4 Å². The molecule has 0 amide bonds. The molecule has 0 spiro atoms. The molecule has 5 heteroatoms. The van der Waals surface area contributed by atoms with Crippen molar-refractivity contribution in [1.82, 2.24) is 4.90 Å². The van der Waals surface area contributed by atoms with Gasteiger partial charge in [0.25, 0.3) is 0 Å². The first-order valence-electron chi connectivity index (χ1n) is 6.93. The fraction of sp³-hybridized carbons (Fsp3) is 1.00. The lowest BCUT2D eigenvalue weighted by atomic mass is 9.84. The average Bonchev–Trinajstić information content (AvgIpc) is 2.35. The van der Waals surface area contributed by atoms with Crippen LogP contribution in [0.5, 0.6) is 0 Å². The second-order valence-corrected chi connectivity index (χ2v) is 5.22. The van der Waals surface area contributed by atoms with Crippen LogP contribution in [0.2, 0.25) is 0 Å². The molecule has 2 aliphatic heterocycles. The minimum absolute atomic E-state index is 0. The third-order valence-corrected chi connectivity index (χ3v) is 4.05. The fourth-order valence-electron chi connectivity index (χ4n) is 3.19. The Bertz CT molecular complexity index is 205. The van der Waals surface area contributed by atoms with Crippen molar-refractivity contribution in [3.8, 4) is 0 Å². The van der Waals surface area contributed by atoms with E-state index in [0.717, 1.165) is 38.1 Å². The average molecular weight is 299 g/mol. The minimum Gasteiger partial charge on any atom is -0.381 e. The molecule has 0 aliphatic carbocycles. The quantitative estimate of drug-likeness (QED) is 0.793. The van der Waals surface area contributed by atoms with Crippen molar-refractivity contribution in [3.63, 3.8) is 0 Å². The maximum atomic E-state index is 5.76. The normalized spacial score (nSPS) is 27.8. The number of rotatable bonds is 5. The monoisotopic (exact) mass is 298 g/mol. The smallest absolute Gasteiger partial charge is 0.0509 e. The highest BCUT2D eigenvalue weighted by Gasteiger charge is 2.32. The highest BCUT2D eigenvalue weighted by molar-refractivity contribution is 5.85. The summed E-state index contributed by atoms with van der Waals surface area (Å²) in [5, 5.41) is 0. The van der Waals surface area contributed by atoms with Gasteiger partial charge in [0, 0.05) is 12.6 Å². The Labute approximate surface area is 124 Å². The van der Waals surface area contributed by atoms with Gasteiger partial charge >= 0.3 is 0 Å². The lowest BCUT2D eigenvalue weighted by Gasteiger charge is -2.44. The van der Waals surface area contributed by atoms with Crippen molar-refractivity contribution in [1.29, 1.82) is 0 Å². The maximum Gasteiger partial charge on any atom is 0.0509 e. The van der Waals surface area contributed by atoms with Crippen molar-refractivity contribution in [2.24, 2.45) is 11.7 Å². The number of hydrogen-bond donors (Lipinski definition) is 1. The summed E-state index contributed by atoms with van der Waals surface area (Å²) in [5.41, 5.74) is 5.47. The zero-order chi connectivity index (χ0) is 11.2. The summed E-state index contributed by atoms with van der Waals surface area (Å²) in [5.74, 6) is 0.784. The van der Waals surface area contributed by atoms with Crippen LogP contribution >= 0.6 is 24.8 Å². The van der Waals surface area contributed by atoms with Crippen LogP contribution in [0.4, 0.5) is 0 Å². The van der Waals surface area contributed by atoms with Gasteiger partial charge in [0.1, 0.15) is 0 Å². The molecular weight excluding hydrogens is 271 g/mol. The van der Waals surface area contributed by atoms with E-state index in [1.807, 2.05) is 0 Å². The van der Waals surface area contributed by atoms with E-state index in [1.165, 1.54) is 45.2 Å². The second kappa shape index (κ2) is 10.3. The largest absolute Gasteiger partial charge is 0.381 e. The summed E-state index contributed by atoms with van der Waals surface area (Å²) in [7, 11) is 0. The first-order valence-corrected chi connectivity index (χ1v) is 6.93. The standard InChI is InChI=1S/C13H26N2O.2ClH/c14-7-4-10-16-11-12-5-3-9-15-8-2-1-6-13(12)15;;/h12-13H,1-11,14H2;2*1H/t12-,13+;;/m0../s1. The van der Waals surface area contributed by atoms with E-state index >= 15 is 0 Å². The van der Waals surface area contributed by atoms with E-state index < -0.39 is 0 Å². The molecule has 2 atom stereocenters. The van der Waals surface area contributed by atoms with E-state index in [9.17, 15) is 0 Å². The van der Waals surface area contributed by atoms with Crippen LogP contribution < -0.4 is 5.73 Å². The SMILES string of the molecule is Cl.Cl.NCCCOC[C@@H]1CCCN2CCCC[C@H]12. The van der Waals surface area contributed by atoms with E-state index in [2.05, 4.69) is 4.90 Å². The molecule has 0 unspecified atom stereocenters. The Balaban J connectivity index is 0.00000144. The summed E-state index contributed by atoms with van der Waals surface area (Å²) < 4.78 is 5.76. The van der Waals surface area contributed by atoms with Gasteiger partial charge in [-0.15, -0.1) is 24.8 Å². The third-order valence-electron chi connectivity index (χ3n) is 4.05. The van der Waals surface area contributed by atoms with Crippen LogP contribution in [0, 0.1) is 5.92 Å². The van der Waals surface area contributed by atoms with Gasteiger partial charge in [-0.3, -0.25) is 0 Å². The van der Waals surface area contributed by atoms with E-state index in [4.69, 9.17) is 10.5 Å². The van der Waals surface area contributed by atoms with Crippen LogP contribution in [-0.4, -0.2) is 43.8 Å². The highest BCUT2D eigenvalue weighted by Crippen LogP contribution is 2.30. The molecule has 2 fully saturated rings. The van der Waals surface area contributed by atoms with Gasteiger partial charge in [-0.05, 0) is 57.7 Å². The number of nitrogens with two attached hydrogens (primary N) is 1. The molecule has 3 nitrogen and oxygen atoms in total. The molecule has 18 heavy (non-hydrogen) atoms. The van der Waals surface area contributed by atoms with E-state index in [-0.39, 0.29) is 24.8 Å².